The lowest BCUT2D eigenvalue weighted by Crippen LogP contribution is -2.09. The fourth-order valence-electron chi connectivity index (χ4n) is 1.75. The van der Waals surface area contributed by atoms with E-state index >= 15 is 0 Å². The van der Waals surface area contributed by atoms with E-state index in [9.17, 15) is 0 Å². The summed E-state index contributed by atoms with van der Waals surface area (Å²) in [6, 6.07) is 7.88. The minimum absolute atomic E-state index is 0.597. The van der Waals surface area contributed by atoms with Gasteiger partial charge in [0.1, 0.15) is 5.82 Å². The SMILES string of the molecule is CC(C)COCCCNc1cnc2ccccc2n1. The van der Waals surface area contributed by atoms with Crippen LogP contribution in [0.3, 0.4) is 0 Å². The maximum atomic E-state index is 5.53. The number of hydrogen-bond donors (Lipinski definition) is 1. The molecule has 0 saturated carbocycles. The Labute approximate surface area is 114 Å². The van der Waals surface area contributed by atoms with Crippen LogP contribution in [0.1, 0.15) is 20.3 Å². The standard InChI is InChI=1S/C15H21N3O/c1-12(2)11-19-9-5-8-16-15-10-17-13-6-3-4-7-14(13)18-15/h3-4,6-7,10,12H,5,8-9,11H2,1-2H3,(H,16,18). The first-order chi connectivity index (χ1) is 9.25. The van der Waals surface area contributed by atoms with Gasteiger partial charge in [0.2, 0.25) is 0 Å². The molecule has 4 nitrogen and oxygen atoms in total. The van der Waals surface area contributed by atoms with Gasteiger partial charge >= 0.3 is 0 Å². The summed E-state index contributed by atoms with van der Waals surface area (Å²) in [6.45, 7) is 6.78. The highest BCUT2D eigenvalue weighted by atomic mass is 16.5. The Morgan fingerprint density at radius 2 is 2.00 bits per heavy atom. The molecule has 1 aromatic carbocycles. The van der Waals surface area contributed by atoms with Gasteiger partial charge < -0.3 is 10.1 Å². The highest BCUT2D eigenvalue weighted by Crippen LogP contribution is 2.11. The number of benzene rings is 1. The third-order valence-electron chi connectivity index (χ3n) is 2.67. The van der Waals surface area contributed by atoms with Crippen LogP contribution in [0.15, 0.2) is 30.5 Å². The van der Waals surface area contributed by atoms with Gasteiger partial charge in [-0.1, -0.05) is 26.0 Å². The smallest absolute Gasteiger partial charge is 0.145 e. The van der Waals surface area contributed by atoms with Crippen LogP contribution in [0.2, 0.25) is 0 Å². The molecule has 0 fully saturated rings. The van der Waals surface area contributed by atoms with Gasteiger partial charge in [0.05, 0.1) is 17.2 Å². The zero-order valence-electron chi connectivity index (χ0n) is 11.6. The van der Waals surface area contributed by atoms with E-state index in [2.05, 4.69) is 29.1 Å². The molecule has 102 valence electrons. The molecule has 0 saturated heterocycles. The summed E-state index contributed by atoms with van der Waals surface area (Å²) in [7, 11) is 0. The zero-order valence-corrected chi connectivity index (χ0v) is 11.6. The van der Waals surface area contributed by atoms with Gasteiger partial charge in [0, 0.05) is 19.8 Å². The number of fused-ring (bicyclic) bond motifs is 1. The maximum Gasteiger partial charge on any atom is 0.145 e. The van der Waals surface area contributed by atoms with E-state index in [-0.39, 0.29) is 0 Å². The molecule has 1 N–H and O–H groups in total. The Balaban J connectivity index is 1.75. The number of nitrogens with zero attached hydrogens (tertiary/aromatic N) is 2. The quantitative estimate of drug-likeness (QED) is 0.776. The molecular formula is C15H21N3O. The lowest BCUT2D eigenvalue weighted by molar-refractivity contribution is 0.110. The van der Waals surface area contributed by atoms with Gasteiger partial charge in [-0.2, -0.15) is 0 Å². The van der Waals surface area contributed by atoms with Gasteiger partial charge in [-0.25, -0.2) is 4.98 Å². The number of aromatic nitrogens is 2. The lowest BCUT2D eigenvalue weighted by Gasteiger charge is -2.08. The third kappa shape index (κ3) is 4.48. The van der Waals surface area contributed by atoms with Crippen molar-refractivity contribution in [1.82, 2.24) is 9.97 Å². The Hall–Kier alpha value is -1.68. The van der Waals surface area contributed by atoms with Crippen LogP contribution in [0.5, 0.6) is 0 Å². The number of hydrogen-bond acceptors (Lipinski definition) is 4. The van der Waals surface area contributed by atoms with Crippen molar-refractivity contribution < 1.29 is 4.74 Å². The fraction of sp³-hybridized carbons (Fsp3) is 0.467. The summed E-state index contributed by atoms with van der Waals surface area (Å²) in [5, 5.41) is 3.27. The van der Waals surface area contributed by atoms with E-state index in [1.54, 1.807) is 6.20 Å². The van der Waals surface area contributed by atoms with Crippen molar-refractivity contribution in [2.75, 3.05) is 25.1 Å². The van der Waals surface area contributed by atoms with Gasteiger partial charge in [-0.05, 0) is 24.5 Å². The zero-order chi connectivity index (χ0) is 13.5. The van der Waals surface area contributed by atoms with Crippen LogP contribution in [-0.4, -0.2) is 29.7 Å². The first-order valence-corrected chi connectivity index (χ1v) is 6.79. The number of ether oxygens (including phenoxy) is 1. The number of para-hydroxylation sites is 2. The molecular weight excluding hydrogens is 238 g/mol. The molecule has 0 amide bonds. The van der Waals surface area contributed by atoms with Gasteiger partial charge in [0.25, 0.3) is 0 Å². The van der Waals surface area contributed by atoms with E-state index in [0.717, 1.165) is 43.0 Å². The van der Waals surface area contributed by atoms with Crippen LogP contribution >= 0.6 is 0 Å². The summed E-state index contributed by atoms with van der Waals surface area (Å²) < 4.78 is 5.53. The molecule has 0 unspecified atom stereocenters. The molecule has 2 rings (SSSR count). The molecule has 0 aliphatic heterocycles. The second-order valence-corrected chi connectivity index (χ2v) is 4.99. The normalized spacial score (nSPS) is 11.1. The largest absolute Gasteiger partial charge is 0.381 e. The molecule has 1 aromatic heterocycles. The number of nitrogens with one attached hydrogen (secondary N) is 1. The molecule has 0 aliphatic carbocycles. The predicted octanol–water partition coefficient (Wildman–Crippen LogP) is 3.10. The third-order valence-corrected chi connectivity index (χ3v) is 2.67. The van der Waals surface area contributed by atoms with Crippen LogP contribution in [0, 0.1) is 5.92 Å². The van der Waals surface area contributed by atoms with E-state index < -0.39 is 0 Å². The van der Waals surface area contributed by atoms with Crippen molar-refractivity contribution in [3.8, 4) is 0 Å². The fourth-order valence-corrected chi connectivity index (χ4v) is 1.75. The van der Waals surface area contributed by atoms with Crippen LogP contribution in [0.4, 0.5) is 5.82 Å². The van der Waals surface area contributed by atoms with E-state index in [0.29, 0.717) is 5.92 Å². The van der Waals surface area contributed by atoms with Crippen molar-refractivity contribution >= 4 is 16.9 Å². The topological polar surface area (TPSA) is 47.0 Å². The molecule has 0 spiro atoms. The van der Waals surface area contributed by atoms with Gasteiger partial charge in [-0.15, -0.1) is 0 Å². The molecule has 0 aliphatic rings. The highest BCUT2D eigenvalue weighted by molar-refractivity contribution is 5.75. The number of rotatable bonds is 7. The summed E-state index contributed by atoms with van der Waals surface area (Å²) in [4.78, 5) is 8.87. The summed E-state index contributed by atoms with van der Waals surface area (Å²) >= 11 is 0. The van der Waals surface area contributed by atoms with Gasteiger partial charge in [-0.3, -0.25) is 4.98 Å². The molecule has 19 heavy (non-hydrogen) atoms. The summed E-state index contributed by atoms with van der Waals surface area (Å²) in [5.41, 5.74) is 1.84. The van der Waals surface area contributed by atoms with Crippen molar-refractivity contribution in [3.05, 3.63) is 30.5 Å². The van der Waals surface area contributed by atoms with Crippen LogP contribution < -0.4 is 5.32 Å². The number of anilines is 1. The molecule has 0 bridgehead atoms. The van der Waals surface area contributed by atoms with Gasteiger partial charge in [0.15, 0.2) is 0 Å². The molecule has 2 aromatic rings. The second-order valence-electron chi connectivity index (χ2n) is 4.99. The molecule has 1 heterocycles. The molecule has 0 radical (unpaired) electrons. The van der Waals surface area contributed by atoms with Crippen molar-refractivity contribution in [2.24, 2.45) is 5.92 Å². The average molecular weight is 259 g/mol. The second kappa shape index (κ2) is 7.04. The monoisotopic (exact) mass is 259 g/mol. The average Bonchev–Trinajstić information content (AvgIpc) is 2.42. The highest BCUT2D eigenvalue weighted by Gasteiger charge is 1.98. The van der Waals surface area contributed by atoms with E-state index in [1.165, 1.54) is 0 Å². The summed E-state index contributed by atoms with van der Waals surface area (Å²) in [6.07, 6.45) is 2.75. The van der Waals surface area contributed by atoms with Crippen molar-refractivity contribution in [1.29, 1.82) is 0 Å². The Bertz CT molecular complexity index is 513. The van der Waals surface area contributed by atoms with Crippen LogP contribution in [0.25, 0.3) is 11.0 Å². The maximum absolute atomic E-state index is 5.53. The summed E-state index contributed by atoms with van der Waals surface area (Å²) in [5.74, 6) is 1.42. The molecule has 0 atom stereocenters. The first-order valence-electron chi connectivity index (χ1n) is 6.79. The van der Waals surface area contributed by atoms with E-state index in [1.807, 2.05) is 24.3 Å². The predicted molar refractivity (Wildman–Crippen MR) is 78.3 cm³/mol. The molecule has 4 heteroatoms. The van der Waals surface area contributed by atoms with Crippen molar-refractivity contribution in [3.63, 3.8) is 0 Å². The first kappa shape index (κ1) is 13.7. The minimum atomic E-state index is 0.597. The van der Waals surface area contributed by atoms with E-state index in [4.69, 9.17) is 4.74 Å². The lowest BCUT2D eigenvalue weighted by atomic mass is 10.2. The minimum Gasteiger partial charge on any atom is -0.381 e. The van der Waals surface area contributed by atoms with Crippen LogP contribution in [-0.2, 0) is 4.74 Å². The van der Waals surface area contributed by atoms with Crippen molar-refractivity contribution in [2.45, 2.75) is 20.3 Å². The Morgan fingerprint density at radius 1 is 1.21 bits per heavy atom. The Morgan fingerprint density at radius 3 is 2.79 bits per heavy atom. The Kier molecular flexibility index (Phi) is 5.10.